The Bertz CT molecular complexity index is 282. The minimum absolute atomic E-state index is 0.693. The maximum absolute atomic E-state index is 4.41. The third-order valence-corrected chi connectivity index (χ3v) is 3.69. The molecule has 1 heterocycles. The van der Waals surface area contributed by atoms with Crippen LogP contribution in [0.5, 0.6) is 0 Å². The second-order valence-electron chi connectivity index (χ2n) is 4.32. The Kier molecular flexibility index (Phi) is 5.83. The maximum atomic E-state index is 4.41. The standard InChI is InChI=1S/C12H17Br2N/c1-9(2)5-10(7-13)6-12-4-3-11(14)8-15-12/h3-4,8-10H,5-7H2,1-2H3. The first-order chi connectivity index (χ1) is 7.11. The van der Waals surface area contributed by atoms with Crippen LogP contribution in [0.2, 0.25) is 0 Å². The summed E-state index contributed by atoms with van der Waals surface area (Å²) in [6.45, 7) is 4.54. The van der Waals surface area contributed by atoms with Crippen molar-refractivity contribution >= 4 is 31.9 Å². The van der Waals surface area contributed by atoms with Crippen LogP contribution in [0.15, 0.2) is 22.8 Å². The van der Waals surface area contributed by atoms with Crippen LogP contribution in [0.3, 0.4) is 0 Å². The van der Waals surface area contributed by atoms with E-state index in [0.29, 0.717) is 5.92 Å². The molecule has 0 aromatic carbocycles. The van der Waals surface area contributed by atoms with E-state index in [-0.39, 0.29) is 0 Å². The molecule has 1 aromatic heterocycles. The predicted octanol–water partition coefficient (Wildman–Crippen LogP) is 4.44. The Balaban J connectivity index is 2.54. The molecule has 0 saturated carbocycles. The highest BCUT2D eigenvalue weighted by atomic mass is 79.9. The van der Waals surface area contributed by atoms with Gasteiger partial charge in [-0.1, -0.05) is 29.8 Å². The molecule has 0 saturated heterocycles. The second kappa shape index (κ2) is 6.64. The molecular weight excluding hydrogens is 318 g/mol. The molecule has 84 valence electrons. The van der Waals surface area contributed by atoms with Crippen molar-refractivity contribution in [3.8, 4) is 0 Å². The van der Waals surface area contributed by atoms with Gasteiger partial charge in [0.1, 0.15) is 0 Å². The van der Waals surface area contributed by atoms with E-state index in [1.54, 1.807) is 0 Å². The molecule has 1 atom stereocenters. The minimum atomic E-state index is 0.693. The van der Waals surface area contributed by atoms with Gasteiger partial charge in [0.05, 0.1) is 0 Å². The van der Waals surface area contributed by atoms with Gasteiger partial charge < -0.3 is 0 Å². The van der Waals surface area contributed by atoms with Crippen LogP contribution in [-0.4, -0.2) is 10.3 Å². The van der Waals surface area contributed by atoms with Gasteiger partial charge in [0.15, 0.2) is 0 Å². The van der Waals surface area contributed by atoms with Gasteiger partial charge in [-0.05, 0) is 52.7 Å². The highest BCUT2D eigenvalue weighted by molar-refractivity contribution is 9.10. The van der Waals surface area contributed by atoms with Crippen molar-refractivity contribution in [2.45, 2.75) is 26.7 Å². The lowest BCUT2D eigenvalue weighted by atomic mass is 9.94. The van der Waals surface area contributed by atoms with Crippen molar-refractivity contribution in [2.75, 3.05) is 5.33 Å². The van der Waals surface area contributed by atoms with Crippen molar-refractivity contribution in [1.29, 1.82) is 0 Å². The Hall–Kier alpha value is 0.110. The Morgan fingerprint density at radius 3 is 2.53 bits per heavy atom. The van der Waals surface area contributed by atoms with Gasteiger partial charge in [0, 0.05) is 21.7 Å². The first-order valence-electron chi connectivity index (χ1n) is 5.28. The van der Waals surface area contributed by atoms with E-state index in [9.17, 15) is 0 Å². The smallest absolute Gasteiger partial charge is 0.0413 e. The molecule has 1 nitrogen and oxygen atoms in total. The van der Waals surface area contributed by atoms with Crippen molar-refractivity contribution in [3.05, 3.63) is 28.5 Å². The number of halogens is 2. The van der Waals surface area contributed by atoms with Gasteiger partial charge in [-0.2, -0.15) is 0 Å². The van der Waals surface area contributed by atoms with E-state index in [2.05, 4.69) is 62.8 Å². The van der Waals surface area contributed by atoms with Gasteiger partial charge in [-0.25, -0.2) is 0 Å². The molecule has 0 spiro atoms. The summed E-state index contributed by atoms with van der Waals surface area (Å²) in [5.74, 6) is 1.45. The zero-order valence-electron chi connectivity index (χ0n) is 9.21. The lowest BCUT2D eigenvalue weighted by Crippen LogP contribution is -2.10. The van der Waals surface area contributed by atoms with E-state index >= 15 is 0 Å². The molecule has 1 unspecified atom stereocenters. The average Bonchev–Trinajstić information content (AvgIpc) is 2.19. The van der Waals surface area contributed by atoms with Gasteiger partial charge in [-0.15, -0.1) is 0 Å². The van der Waals surface area contributed by atoms with Gasteiger partial charge in [0.2, 0.25) is 0 Å². The number of nitrogens with zero attached hydrogens (tertiary/aromatic N) is 1. The summed E-state index contributed by atoms with van der Waals surface area (Å²) in [5, 5.41) is 1.06. The molecule has 15 heavy (non-hydrogen) atoms. The first-order valence-corrected chi connectivity index (χ1v) is 7.19. The summed E-state index contributed by atoms with van der Waals surface area (Å²) in [7, 11) is 0. The summed E-state index contributed by atoms with van der Waals surface area (Å²) in [4.78, 5) is 4.41. The van der Waals surface area contributed by atoms with Gasteiger partial charge in [0.25, 0.3) is 0 Å². The van der Waals surface area contributed by atoms with Crippen LogP contribution in [-0.2, 0) is 6.42 Å². The number of hydrogen-bond acceptors (Lipinski definition) is 1. The van der Waals surface area contributed by atoms with Crippen LogP contribution in [0, 0.1) is 11.8 Å². The van der Waals surface area contributed by atoms with E-state index in [0.717, 1.165) is 22.1 Å². The first kappa shape index (κ1) is 13.2. The Morgan fingerprint density at radius 2 is 2.07 bits per heavy atom. The molecule has 0 aliphatic heterocycles. The molecule has 0 amide bonds. The molecule has 0 bridgehead atoms. The lowest BCUT2D eigenvalue weighted by Gasteiger charge is -2.15. The summed E-state index contributed by atoms with van der Waals surface area (Å²) in [6, 6.07) is 4.16. The fourth-order valence-corrected chi connectivity index (χ4v) is 2.42. The van der Waals surface area contributed by atoms with Gasteiger partial charge in [-0.3, -0.25) is 4.98 Å². The number of rotatable bonds is 5. The maximum Gasteiger partial charge on any atom is 0.0413 e. The quantitative estimate of drug-likeness (QED) is 0.725. The number of hydrogen-bond donors (Lipinski definition) is 0. The lowest BCUT2D eigenvalue weighted by molar-refractivity contribution is 0.442. The minimum Gasteiger partial charge on any atom is -0.260 e. The molecule has 0 aliphatic rings. The molecule has 1 rings (SSSR count). The highest BCUT2D eigenvalue weighted by Crippen LogP contribution is 2.19. The topological polar surface area (TPSA) is 12.9 Å². The highest BCUT2D eigenvalue weighted by Gasteiger charge is 2.11. The predicted molar refractivity (Wildman–Crippen MR) is 72.4 cm³/mol. The summed E-state index contributed by atoms with van der Waals surface area (Å²) >= 11 is 6.98. The summed E-state index contributed by atoms with van der Waals surface area (Å²) < 4.78 is 1.05. The number of pyridine rings is 1. The molecule has 0 N–H and O–H groups in total. The van der Waals surface area contributed by atoms with Crippen molar-refractivity contribution in [1.82, 2.24) is 4.98 Å². The van der Waals surface area contributed by atoms with Gasteiger partial charge >= 0.3 is 0 Å². The van der Waals surface area contributed by atoms with Crippen LogP contribution >= 0.6 is 31.9 Å². The molecule has 0 radical (unpaired) electrons. The largest absolute Gasteiger partial charge is 0.260 e. The van der Waals surface area contributed by atoms with Crippen LogP contribution in [0.4, 0.5) is 0 Å². The van der Waals surface area contributed by atoms with Crippen LogP contribution < -0.4 is 0 Å². The molecule has 0 aliphatic carbocycles. The third-order valence-electron chi connectivity index (χ3n) is 2.31. The summed E-state index contributed by atoms with van der Waals surface area (Å²) in [5.41, 5.74) is 1.18. The third kappa shape index (κ3) is 5.12. The SMILES string of the molecule is CC(C)CC(CBr)Cc1ccc(Br)cn1. The van der Waals surface area contributed by atoms with Crippen molar-refractivity contribution in [2.24, 2.45) is 11.8 Å². The van der Waals surface area contributed by atoms with E-state index in [1.165, 1.54) is 12.1 Å². The van der Waals surface area contributed by atoms with Crippen LogP contribution in [0.1, 0.15) is 26.0 Å². The Labute approximate surface area is 109 Å². The normalized spacial score (nSPS) is 13.1. The number of alkyl halides is 1. The molecule has 0 fully saturated rings. The summed E-state index contributed by atoms with van der Waals surface area (Å²) in [6.07, 6.45) is 4.19. The van der Waals surface area contributed by atoms with E-state index in [4.69, 9.17) is 0 Å². The van der Waals surface area contributed by atoms with Crippen molar-refractivity contribution in [3.63, 3.8) is 0 Å². The van der Waals surface area contributed by atoms with E-state index in [1.807, 2.05) is 6.20 Å². The van der Waals surface area contributed by atoms with Crippen LogP contribution in [0.25, 0.3) is 0 Å². The second-order valence-corrected chi connectivity index (χ2v) is 5.88. The molecular formula is C12H17Br2N. The fraction of sp³-hybridized carbons (Fsp3) is 0.583. The zero-order valence-corrected chi connectivity index (χ0v) is 12.4. The average molecular weight is 335 g/mol. The number of aromatic nitrogens is 1. The zero-order chi connectivity index (χ0) is 11.3. The van der Waals surface area contributed by atoms with E-state index < -0.39 is 0 Å². The monoisotopic (exact) mass is 333 g/mol. The fourth-order valence-electron chi connectivity index (χ4n) is 1.69. The molecule has 1 aromatic rings. The Morgan fingerprint density at radius 1 is 1.33 bits per heavy atom. The molecule has 3 heteroatoms. The van der Waals surface area contributed by atoms with Crippen molar-refractivity contribution < 1.29 is 0 Å².